The van der Waals surface area contributed by atoms with E-state index >= 15 is 0 Å². The Kier molecular flexibility index (Phi) is 6.75. The van der Waals surface area contributed by atoms with Crippen LogP contribution < -0.4 is 15.5 Å². The predicted molar refractivity (Wildman–Crippen MR) is 100 cm³/mol. The zero-order chi connectivity index (χ0) is 21.7. The summed E-state index contributed by atoms with van der Waals surface area (Å²) in [6.07, 6.45) is -1.24. The fourth-order valence-corrected chi connectivity index (χ4v) is 2.60. The number of nitrogens with zero attached hydrogens (tertiary/aromatic N) is 5. The van der Waals surface area contributed by atoms with Gasteiger partial charge in [-0.15, -0.1) is 0 Å². The minimum Gasteiger partial charge on any atom is -0.457 e. The third-order valence-electron chi connectivity index (χ3n) is 4.34. The van der Waals surface area contributed by atoms with Gasteiger partial charge < -0.3 is 15.5 Å². The Hall–Kier alpha value is -3.31. The normalized spacial score (nSPS) is 15.3. The number of ether oxygens (including phenoxy) is 1. The maximum absolute atomic E-state index is 13.3. The molecule has 12 heteroatoms. The van der Waals surface area contributed by atoms with Crippen LogP contribution in [0.25, 0.3) is 0 Å². The number of rotatable bonds is 8. The number of nitrogens with two attached hydrogens (primary N) is 1. The second kappa shape index (κ2) is 9.46. The molecular formula is C18H17F5N6O. The first kappa shape index (κ1) is 21.4. The lowest BCUT2D eigenvalue weighted by molar-refractivity contribution is 0.0613. The highest BCUT2D eigenvalue weighted by molar-refractivity contribution is 6.31. The Morgan fingerprint density at radius 1 is 1.23 bits per heavy atom. The van der Waals surface area contributed by atoms with Gasteiger partial charge in [0.05, 0.1) is 41.5 Å². The Bertz CT molecular complexity index is 916. The number of hydrogen-bond donors (Lipinski definition) is 1. The van der Waals surface area contributed by atoms with Crippen molar-refractivity contribution in [1.82, 2.24) is 9.97 Å². The molecule has 7 nitrogen and oxygen atoms in total. The van der Waals surface area contributed by atoms with E-state index in [1.807, 2.05) is 0 Å². The van der Waals surface area contributed by atoms with Crippen LogP contribution in [-0.4, -0.2) is 48.0 Å². The summed E-state index contributed by atoms with van der Waals surface area (Å²) in [6.45, 7) is 0.302. The molecule has 3 rings (SSSR count). The standard InChI is InChI=1S/C18H17F5N6O/c19-15-2-1-11(3-14(15)17(22)23)25-4-12(28-24)9-30-18-26-5-13(6-27-18)29-7-10(8-29)16(20)21/h1-6,10,16-17H,7-9,24H2. The van der Waals surface area contributed by atoms with E-state index in [1.165, 1.54) is 24.7 Å². The molecule has 2 N–H and O–H groups in total. The topological polar surface area (TPSA) is 89.0 Å². The van der Waals surface area contributed by atoms with Crippen LogP contribution in [0.1, 0.15) is 12.0 Å². The highest BCUT2D eigenvalue weighted by atomic mass is 19.3. The van der Waals surface area contributed by atoms with E-state index in [9.17, 15) is 22.0 Å². The average Bonchev–Trinajstić information content (AvgIpc) is 2.68. The maximum atomic E-state index is 13.3. The number of aromatic nitrogens is 2. The molecule has 0 bridgehead atoms. The van der Waals surface area contributed by atoms with Gasteiger partial charge in [-0.2, -0.15) is 5.10 Å². The van der Waals surface area contributed by atoms with E-state index in [1.54, 1.807) is 4.90 Å². The molecule has 1 aromatic heterocycles. The van der Waals surface area contributed by atoms with Crippen LogP contribution in [0.5, 0.6) is 6.01 Å². The summed E-state index contributed by atoms with van der Waals surface area (Å²) in [4.78, 5) is 13.6. The van der Waals surface area contributed by atoms with E-state index in [2.05, 4.69) is 20.1 Å². The minimum absolute atomic E-state index is 0.000928. The Morgan fingerprint density at radius 2 is 1.93 bits per heavy atom. The van der Waals surface area contributed by atoms with Crippen molar-refractivity contribution in [3.8, 4) is 6.01 Å². The number of hydrogen-bond acceptors (Lipinski definition) is 7. The molecule has 0 saturated carbocycles. The summed E-state index contributed by atoms with van der Waals surface area (Å²) in [5.74, 6) is 3.58. The van der Waals surface area contributed by atoms with Crippen LogP contribution in [0, 0.1) is 11.7 Å². The zero-order valence-corrected chi connectivity index (χ0v) is 15.4. The summed E-state index contributed by atoms with van der Waals surface area (Å²) in [5.41, 5.74) is 0.0700. The molecule has 160 valence electrons. The van der Waals surface area contributed by atoms with Crippen LogP contribution in [0.15, 0.2) is 40.7 Å². The fraction of sp³-hybridized carbons (Fsp3) is 0.333. The lowest BCUT2D eigenvalue weighted by Crippen LogP contribution is -2.50. The third-order valence-corrected chi connectivity index (χ3v) is 4.34. The molecule has 1 saturated heterocycles. The summed E-state index contributed by atoms with van der Waals surface area (Å²) in [7, 11) is 0. The molecule has 1 aromatic carbocycles. The van der Waals surface area contributed by atoms with E-state index in [4.69, 9.17) is 10.6 Å². The molecule has 0 radical (unpaired) electrons. The average molecular weight is 428 g/mol. The molecular weight excluding hydrogens is 411 g/mol. The van der Waals surface area contributed by atoms with Gasteiger partial charge >= 0.3 is 6.01 Å². The fourth-order valence-electron chi connectivity index (χ4n) is 2.60. The molecule has 30 heavy (non-hydrogen) atoms. The number of halogens is 5. The second-order valence-electron chi connectivity index (χ2n) is 6.40. The molecule has 0 spiro atoms. The predicted octanol–water partition coefficient (Wildman–Crippen LogP) is 3.35. The lowest BCUT2D eigenvalue weighted by atomic mass is 10.0. The van der Waals surface area contributed by atoms with Crippen LogP contribution in [-0.2, 0) is 0 Å². The highest BCUT2D eigenvalue weighted by Gasteiger charge is 2.34. The zero-order valence-electron chi connectivity index (χ0n) is 15.4. The molecule has 0 atom stereocenters. The highest BCUT2D eigenvalue weighted by Crippen LogP contribution is 2.28. The van der Waals surface area contributed by atoms with Gasteiger partial charge in [0.1, 0.15) is 18.1 Å². The van der Waals surface area contributed by atoms with Gasteiger partial charge in [-0.05, 0) is 18.2 Å². The van der Waals surface area contributed by atoms with Gasteiger partial charge in [-0.25, -0.2) is 31.9 Å². The summed E-state index contributed by atoms with van der Waals surface area (Å²) in [5, 5.41) is 3.47. The number of aliphatic imine (C=N–C) groups is 1. The Balaban J connectivity index is 1.54. The smallest absolute Gasteiger partial charge is 0.316 e. The molecule has 0 unspecified atom stereocenters. The molecule has 0 aliphatic carbocycles. The van der Waals surface area contributed by atoms with Gasteiger partial charge in [-0.1, -0.05) is 0 Å². The molecule has 1 aliphatic heterocycles. The van der Waals surface area contributed by atoms with Gasteiger partial charge in [0.2, 0.25) is 6.43 Å². The SMILES string of the molecule is NN=C(C=Nc1ccc(F)c(C(F)F)c1)COc1ncc(N2CC(C(F)F)C2)cn1. The van der Waals surface area contributed by atoms with Crippen molar-refractivity contribution in [2.24, 2.45) is 21.9 Å². The molecule has 0 amide bonds. The number of alkyl halides is 4. The van der Waals surface area contributed by atoms with Crippen molar-refractivity contribution in [3.05, 3.63) is 42.0 Å². The van der Waals surface area contributed by atoms with Crippen LogP contribution in [0.4, 0.5) is 33.3 Å². The molecule has 1 fully saturated rings. The first-order valence-electron chi connectivity index (χ1n) is 8.73. The summed E-state index contributed by atoms with van der Waals surface area (Å²) >= 11 is 0. The van der Waals surface area contributed by atoms with Crippen molar-refractivity contribution >= 4 is 23.3 Å². The van der Waals surface area contributed by atoms with E-state index in [0.717, 1.165) is 12.1 Å². The lowest BCUT2D eigenvalue weighted by Gasteiger charge is -2.39. The van der Waals surface area contributed by atoms with Crippen molar-refractivity contribution in [1.29, 1.82) is 0 Å². The van der Waals surface area contributed by atoms with Crippen molar-refractivity contribution < 1.29 is 26.7 Å². The van der Waals surface area contributed by atoms with Crippen molar-refractivity contribution in [3.63, 3.8) is 0 Å². The van der Waals surface area contributed by atoms with Gasteiger partial charge in [0.25, 0.3) is 6.43 Å². The van der Waals surface area contributed by atoms with Crippen LogP contribution in [0.3, 0.4) is 0 Å². The van der Waals surface area contributed by atoms with Crippen LogP contribution >= 0.6 is 0 Å². The number of benzene rings is 1. The van der Waals surface area contributed by atoms with Gasteiger partial charge in [-0.3, -0.25) is 4.99 Å². The summed E-state index contributed by atoms with van der Waals surface area (Å²) in [6, 6.07) is 3.03. The van der Waals surface area contributed by atoms with Gasteiger partial charge in [0.15, 0.2) is 0 Å². The van der Waals surface area contributed by atoms with Crippen molar-refractivity contribution in [2.75, 3.05) is 24.6 Å². The number of anilines is 1. The molecule has 2 heterocycles. The Morgan fingerprint density at radius 3 is 2.53 bits per heavy atom. The summed E-state index contributed by atoms with van der Waals surface area (Å²) < 4.78 is 69.2. The van der Waals surface area contributed by atoms with Crippen molar-refractivity contribution in [2.45, 2.75) is 12.9 Å². The van der Waals surface area contributed by atoms with E-state index in [-0.39, 0.29) is 37.1 Å². The van der Waals surface area contributed by atoms with E-state index in [0.29, 0.717) is 5.69 Å². The quantitative estimate of drug-likeness (QED) is 0.302. The first-order chi connectivity index (χ1) is 14.4. The molecule has 1 aliphatic rings. The van der Waals surface area contributed by atoms with Gasteiger partial charge in [0, 0.05) is 13.1 Å². The van der Waals surface area contributed by atoms with E-state index < -0.39 is 30.1 Å². The third kappa shape index (κ3) is 5.19. The van der Waals surface area contributed by atoms with Crippen LogP contribution in [0.2, 0.25) is 0 Å². The monoisotopic (exact) mass is 428 g/mol. The minimum atomic E-state index is -2.97. The first-order valence-corrected chi connectivity index (χ1v) is 8.73. The Labute approximate surface area is 168 Å². The molecule has 2 aromatic rings. The number of hydrazone groups is 1. The maximum Gasteiger partial charge on any atom is 0.316 e. The largest absolute Gasteiger partial charge is 0.457 e. The second-order valence-corrected chi connectivity index (χ2v) is 6.40.